The highest BCUT2D eigenvalue weighted by atomic mass is 35.5. The Morgan fingerprint density at radius 2 is 0.800 bits per heavy atom. The number of hydrogen-bond donors (Lipinski definition) is 0. The normalized spacial score (nSPS) is 29.7. The van der Waals surface area contributed by atoms with Crippen LogP contribution in [0.3, 0.4) is 0 Å². The fraction of sp³-hybridized carbons (Fsp3) is 0.875. The molecule has 2 rings (SSSR count). The third kappa shape index (κ3) is 2.80. The van der Waals surface area contributed by atoms with E-state index in [1.165, 1.54) is 21.6 Å². The van der Waals surface area contributed by atoms with E-state index in [1.807, 2.05) is 55.4 Å². The summed E-state index contributed by atoms with van der Waals surface area (Å²) in [7, 11) is 7.79. The number of Topliss-reactive ketones (excluding diaryl/α,β-unsaturated/α-hetero) is 2. The molecule has 0 radical (unpaired) electrons. The van der Waals surface area contributed by atoms with Gasteiger partial charge in [-0.1, -0.05) is 77.0 Å². The molecule has 0 aliphatic heterocycles. The van der Waals surface area contributed by atoms with E-state index in [4.69, 9.17) is 23.2 Å². The highest BCUT2D eigenvalue weighted by Crippen LogP contribution is 2.75. The minimum Gasteiger partial charge on any atom is -0.298 e. The first-order valence-electron chi connectivity index (χ1n) is 7.86. The predicted octanol–water partition coefficient (Wildman–Crippen LogP) is 7.45. The summed E-state index contributed by atoms with van der Waals surface area (Å²) in [5.74, 6) is 0.401. The Bertz CT molecular complexity index is 528. The smallest absolute Gasteiger partial charge is 0.149 e. The average Bonchev–Trinajstić information content (AvgIpc) is 2.50. The largest absolute Gasteiger partial charge is 0.298 e. The summed E-state index contributed by atoms with van der Waals surface area (Å²) in [5.41, 5.74) is -2.20. The molecule has 0 aromatic carbocycles. The van der Waals surface area contributed by atoms with Gasteiger partial charge in [0.25, 0.3) is 0 Å². The highest BCUT2D eigenvalue weighted by molar-refractivity contribution is 9.36. The van der Waals surface area contributed by atoms with Crippen LogP contribution < -0.4 is 0 Å². The second-order valence-corrected chi connectivity index (χ2v) is 18.2. The molecule has 2 nitrogen and oxygen atoms in total. The van der Waals surface area contributed by atoms with Crippen LogP contribution in [0.4, 0.5) is 0 Å². The monoisotopic (exact) mass is 478 g/mol. The van der Waals surface area contributed by atoms with Crippen molar-refractivity contribution in [2.24, 2.45) is 21.7 Å². The predicted molar refractivity (Wildman–Crippen MR) is 120 cm³/mol. The molecule has 0 heterocycles. The molecule has 0 unspecified atom stereocenters. The Morgan fingerprint density at radius 1 is 0.560 bits per heavy atom. The second kappa shape index (κ2) is 6.60. The molecular weight excluding hydrogens is 455 g/mol. The van der Waals surface area contributed by atoms with E-state index in [2.05, 4.69) is 0 Å². The van der Waals surface area contributed by atoms with Gasteiger partial charge in [-0.2, -0.15) is 0 Å². The van der Waals surface area contributed by atoms with Crippen molar-refractivity contribution in [1.82, 2.24) is 0 Å². The Labute approximate surface area is 179 Å². The number of ketones is 2. The van der Waals surface area contributed by atoms with E-state index in [1.54, 1.807) is 29.5 Å². The molecular formula is C16H24Cl2O2S5. The SMILES string of the molecule is CC1(C)C(=O)C(C)(C)C1(Cl)SSSSSC1(Cl)C(C)(C)C(=O)C1(C)C. The maximum Gasteiger partial charge on any atom is 0.149 e. The van der Waals surface area contributed by atoms with E-state index in [0.29, 0.717) is 0 Å². The lowest BCUT2D eigenvalue weighted by molar-refractivity contribution is -0.153. The van der Waals surface area contributed by atoms with Crippen molar-refractivity contribution in [1.29, 1.82) is 0 Å². The molecule has 0 N–H and O–H groups in total. The van der Waals surface area contributed by atoms with Crippen molar-refractivity contribution in [3.63, 3.8) is 0 Å². The first kappa shape index (κ1) is 23.0. The lowest BCUT2D eigenvalue weighted by Crippen LogP contribution is -2.69. The zero-order chi connectivity index (χ0) is 19.7. The summed E-state index contributed by atoms with van der Waals surface area (Å²) in [6.07, 6.45) is 0. The molecule has 0 atom stereocenters. The van der Waals surface area contributed by atoms with Crippen LogP contribution in [0.25, 0.3) is 0 Å². The van der Waals surface area contributed by atoms with Crippen molar-refractivity contribution in [3.8, 4) is 0 Å². The van der Waals surface area contributed by atoms with Crippen LogP contribution in [0.1, 0.15) is 55.4 Å². The van der Waals surface area contributed by atoms with E-state index < -0.39 is 30.1 Å². The van der Waals surface area contributed by atoms with Crippen LogP contribution in [0.2, 0.25) is 0 Å². The maximum atomic E-state index is 12.3. The quantitative estimate of drug-likeness (QED) is 0.222. The fourth-order valence-corrected chi connectivity index (χ4v) is 17.0. The molecule has 2 saturated carbocycles. The maximum absolute atomic E-state index is 12.3. The minimum atomic E-state index is -0.635. The summed E-state index contributed by atoms with van der Waals surface area (Å²) in [6, 6.07) is 0. The number of carbonyl (C=O) groups is 2. The third-order valence-corrected chi connectivity index (χ3v) is 19.0. The Morgan fingerprint density at radius 3 is 1.04 bits per heavy atom. The van der Waals surface area contributed by atoms with E-state index in [9.17, 15) is 9.59 Å². The van der Waals surface area contributed by atoms with E-state index in [-0.39, 0.29) is 11.6 Å². The molecule has 0 bridgehead atoms. The Hall–Kier alpha value is 1.67. The van der Waals surface area contributed by atoms with Crippen molar-refractivity contribution in [2.75, 3.05) is 0 Å². The van der Waals surface area contributed by atoms with Crippen molar-refractivity contribution in [3.05, 3.63) is 0 Å². The number of carbonyl (C=O) groups excluding carboxylic acids is 2. The molecule has 0 aromatic heterocycles. The molecule has 0 aromatic rings. The summed E-state index contributed by atoms with van der Waals surface area (Å²) in [6.45, 7) is 15.3. The zero-order valence-corrected chi connectivity index (χ0v) is 21.2. The number of hydrogen-bond acceptors (Lipinski definition) is 7. The lowest BCUT2D eigenvalue weighted by atomic mass is 9.54. The van der Waals surface area contributed by atoms with Gasteiger partial charge in [-0.3, -0.25) is 9.59 Å². The van der Waals surface area contributed by atoms with Gasteiger partial charge in [0.2, 0.25) is 0 Å². The lowest BCUT2D eigenvalue weighted by Gasteiger charge is -2.61. The molecule has 0 saturated heterocycles. The van der Waals surface area contributed by atoms with Gasteiger partial charge in [0.15, 0.2) is 0 Å². The number of alkyl halides is 2. The highest BCUT2D eigenvalue weighted by Gasteiger charge is 2.73. The third-order valence-electron chi connectivity index (χ3n) is 5.84. The van der Waals surface area contributed by atoms with Gasteiger partial charge in [-0.25, -0.2) is 0 Å². The molecule has 2 aliphatic rings. The standard InChI is InChI=1S/C16H24Cl2O2S5/c1-11(2)9(19)12(3,4)15(11,17)21-23-25-24-22-16(18)13(5,6)10(20)14(16,7)8/h1-8H3. The van der Waals surface area contributed by atoms with E-state index >= 15 is 0 Å². The molecule has 25 heavy (non-hydrogen) atoms. The van der Waals surface area contributed by atoms with Crippen molar-refractivity contribution < 1.29 is 9.59 Å². The first-order valence-corrected chi connectivity index (χ1v) is 14.8. The molecule has 2 fully saturated rings. The van der Waals surface area contributed by atoms with Gasteiger partial charge in [-0.15, -0.1) is 23.2 Å². The Kier molecular flexibility index (Phi) is 6.06. The second-order valence-electron chi connectivity index (χ2n) is 8.72. The molecule has 0 amide bonds. The summed E-state index contributed by atoms with van der Waals surface area (Å²) >= 11 is 13.6. The van der Waals surface area contributed by atoms with E-state index in [0.717, 1.165) is 0 Å². The Balaban J connectivity index is 1.89. The summed E-state index contributed by atoms with van der Waals surface area (Å²) < 4.78 is -1.27. The van der Waals surface area contributed by atoms with Crippen LogP contribution in [-0.2, 0) is 9.59 Å². The van der Waals surface area contributed by atoms with Gasteiger partial charge in [0.05, 0.1) is 21.7 Å². The van der Waals surface area contributed by atoms with Gasteiger partial charge < -0.3 is 0 Å². The number of rotatable bonds is 6. The topological polar surface area (TPSA) is 34.1 Å². The van der Waals surface area contributed by atoms with Gasteiger partial charge in [0.1, 0.15) is 20.0 Å². The minimum absolute atomic E-state index is 0.200. The van der Waals surface area contributed by atoms with Crippen LogP contribution in [0, 0.1) is 21.7 Å². The van der Waals surface area contributed by atoms with Crippen LogP contribution in [0.5, 0.6) is 0 Å². The fourth-order valence-electron chi connectivity index (χ4n) is 4.13. The average molecular weight is 480 g/mol. The molecule has 9 heteroatoms. The summed E-state index contributed by atoms with van der Waals surface area (Å²) in [5, 5.41) is 0. The molecule has 0 spiro atoms. The van der Waals surface area contributed by atoms with Gasteiger partial charge in [-0.05, 0) is 29.5 Å². The van der Waals surface area contributed by atoms with Crippen molar-refractivity contribution >= 4 is 85.8 Å². The molecule has 2 aliphatic carbocycles. The van der Waals surface area contributed by atoms with Crippen molar-refractivity contribution in [2.45, 2.75) is 63.8 Å². The number of halogens is 2. The summed E-state index contributed by atoms with van der Waals surface area (Å²) in [4.78, 5) is 24.6. The van der Waals surface area contributed by atoms with Gasteiger partial charge >= 0.3 is 0 Å². The van der Waals surface area contributed by atoms with Crippen LogP contribution in [0.15, 0.2) is 0 Å². The van der Waals surface area contributed by atoms with Gasteiger partial charge in [0, 0.05) is 0 Å². The molecule has 144 valence electrons. The van der Waals surface area contributed by atoms with Crippen LogP contribution in [-0.4, -0.2) is 20.0 Å². The first-order chi connectivity index (χ1) is 11.0. The zero-order valence-electron chi connectivity index (χ0n) is 15.6. The van der Waals surface area contributed by atoms with Crippen LogP contribution >= 0.6 is 74.3 Å².